The monoisotopic (exact) mass is 627 g/mol. The number of carbonyl (C=O) groups is 2. The molecule has 0 unspecified atom stereocenters. The molecular weight excluding hydrogens is 589 g/mol. The first-order valence-corrected chi connectivity index (χ1v) is 14.1. The van der Waals surface area contributed by atoms with Gasteiger partial charge in [-0.2, -0.15) is 0 Å². The van der Waals surface area contributed by atoms with Crippen LogP contribution in [0.25, 0.3) is 0 Å². The molecule has 1 atom stereocenters. The molecule has 0 aromatic heterocycles. The summed E-state index contributed by atoms with van der Waals surface area (Å²) in [5.41, 5.74) is 1.96. The third-order valence-electron chi connectivity index (χ3n) is 6.84. The SMILES string of the molecule is CN(CC(C)(C)CCC[C@@](C)(C(=O)OCc1ccccc1)c1cccc(I)c1)C(=O)OCc1ccccc1. The minimum Gasteiger partial charge on any atom is -0.460 e. The lowest BCUT2D eigenvalue weighted by atomic mass is 9.76. The summed E-state index contributed by atoms with van der Waals surface area (Å²) in [6.07, 6.45) is 1.96. The van der Waals surface area contributed by atoms with Gasteiger partial charge < -0.3 is 14.4 Å². The molecule has 0 fully saturated rings. The van der Waals surface area contributed by atoms with Crippen molar-refractivity contribution in [2.75, 3.05) is 13.6 Å². The summed E-state index contributed by atoms with van der Waals surface area (Å²) in [5.74, 6) is -0.220. The molecule has 6 heteroatoms. The first-order chi connectivity index (χ1) is 18.1. The number of ether oxygens (including phenoxy) is 2. The molecular formula is C32H38INO4. The van der Waals surface area contributed by atoms with Gasteiger partial charge in [0.2, 0.25) is 0 Å². The predicted molar refractivity (Wildman–Crippen MR) is 160 cm³/mol. The highest BCUT2D eigenvalue weighted by Gasteiger charge is 2.37. The van der Waals surface area contributed by atoms with Gasteiger partial charge in [0.25, 0.3) is 0 Å². The van der Waals surface area contributed by atoms with E-state index in [0.717, 1.165) is 33.1 Å². The van der Waals surface area contributed by atoms with Gasteiger partial charge in [-0.05, 0) is 76.6 Å². The van der Waals surface area contributed by atoms with Gasteiger partial charge in [-0.1, -0.05) is 93.1 Å². The molecule has 0 saturated carbocycles. The second-order valence-corrected chi connectivity index (χ2v) is 12.1. The van der Waals surface area contributed by atoms with Crippen LogP contribution >= 0.6 is 22.6 Å². The van der Waals surface area contributed by atoms with Crippen molar-refractivity contribution < 1.29 is 19.1 Å². The van der Waals surface area contributed by atoms with Crippen LogP contribution in [-0.2, 0) is 32.9 Å². The highest BCUT2D eigenvalue weighted by atomic mass is 127. The average Bonchev–Trinajstić information content (AvgIpc) is 2.91. The smallest absolute Gasteiger partial charge is 0.409 e. The van der Waals surface area contributed by atoms with Gasteiger partial charge in [0.15, 0.2) is 0 Å². The number of amides is 1. The highest BCUT2D eigenvalue weighted by Crippen LogP contribution is 2.35. The van der Waals surface area contributed by atoms with Crippen molar-refractivity contribution in [2.24, 2.45) is 5.41 Å². The summed E-state index contributed by atoms with van der Waals surface area (Å²) in [5, 5.41) is 0. The summed E-state index contributed by atoms with van der Waals surface area (Å²) in [7, 11) is 1.77. The second kappa shape index (κ2) is 13.8. The van der Waals surface area contributed by atoms with Crippen LogP contribution in [0, 0.1) is 8.99 Å². The van der Waals surface area contributed by atoms with Crippen LogP contribution in [-0.4, -0.2) is 30.6 Å². The number of esters is 1. The zero-order chi connectivity index (χ0) is 27.6. The Morgan fingerprint density at radius 2 is 1.37 bits per heavy atom. The molecule has 0 aliphatic heterocycles. The molecule has 0 spiro atoms. The minimum atomic E-state index is -0.771. The molecule has 1 amide bonds. The van der Waals surface area contributed by atoms with Gasteiger partial charge in [0.1, 0.15) is 13.2 Å². The molecule has 0 N–H and O–H groups in total. The molecule has 0 saturated heterocycles. The Bertz CT molecular complexity index is 1180. The van der Waals surface area contributed by atoms with E-state index in [9.17, 15) is 9.59 Å². The number of benzene rings is 3. The fraction of sp³-hybridized carbons (Fsp3) is 0.375. The Kier molecular flexibility index (Phi) is 10.8. The summed E-state index contributed by atoms with van der Waals surface area (Å²) in [6, 6.07) is 27.5. The van der Waals surface area contributed by atoms with E-state index in [-0.39, 0.29) is 30.7 Å². The van der Waals surface area contributed by atoms with E-state index < -0.39 is 5.41 Å². The van der Waals surface area contributed by atoms with Gasteiger partial charge in [-0.15, -0.1) is 0 Å². The summed E-state index contributed by atoms with van der Waals surface area (Å²) < 4.78 is 12.4. The lowest BCUT2D eigenvalue weighted by molar-refractivity contribution is -0.151. The van der Waals surface area contributed by atoms with Crippen molar-refractivity contribution in [3.05, 3.63) is 105 Å². The molecule has 0 radical (unpaired) electrons. The van der Waals surface area contributed by atoms with Gasteiger partial charge in [-0.25, -0.2) is 4.79 Å². The van der Waals surface area contributed by atoms with E-state index in [0.29, 0.717) is 13.0 Å². The van der Waals surface area contributed by atoms with E-state index in [1.807, 2.05) is 85.8 Å². The number of rotatable bonds is 12. The molecule has 0 aliphatic rings. The van der Waals surface area contributed by atoms with Crippen LogP contribution in [0.4, 0.5) is 4.79 Å². The average molecular weight is 628 g/mol. The number of nitrogens with zero attached hydrogens (tertiary/aromatic N) is 1. The molecule has 0 heterocycles. The first kappa shape index (κ1) is 29.7. The third kappa shape index (κ3) is 8.86. The number of hydrogen-bond acceptors (Lipinski definition) is 4. The van der Waals surface area contributed by atoms with Crippen LogP contribution in [0.1, 0.15) is 56.7 Å². The van der Waals surface area contributed by atoms with Crippen molar-refractivity contribution in [1.29, 1.82) is 0 Å². The molecule has 0 aliphatic carbocycles. The number of halogens is 1. The van der Waals surface area contributed by atoms with E-state index in [2.05, 4.69) is 42.5 Å². The zero-order valence-corrected chi connectivity index (χ0v) is 24.9. The Labute approximate surface area is 240 Å². The second-order valence-electron chi connectivity index (χ2n) is 10.8. The van der Waals surface area contributed by atoms with E-state index in [1.165, 1.54) is 0 Å². The van der Waals surface area contributed by atoms with E-state index >= 15 is 0 Å². The number of hydrogen-bond donors (Lipinski definition) is 0. The Morgan fingerprint density at radius 3 is 1.95 bits per heavy atom. The predicted octanol–water partition coefficient (Wildman–Crippen LogP) is 7.76. The Balaban J connectivity index is 1.59. The Hall–Kier alpha value is -2.87. The fourth-order valence-corrected chi connectivity index (χ4v) is 5.16. The quantitative estimate of drug-likeness (QED) is 0.152. The maximum absolute atomic E-state index is 13.5. The summed E-state index contributed by atoms with van der Waals surface area (Å²) >= 11 is 2.28. The van der Waals surface area contributed by atoms with E-state index in [1.54, 1.807) is 11.9 Å². The van der Waals surface area contributed by atoms with Gasteiger partial charge in [-0.3, -0.25) is 4.79 Å². The van der Waals surface area contributed by atoms with Gasteiger partial charge >= 0.3 is 12.1 Å². The molecule has 3 aromatic carbocycles. The normalized spacial score (nSPS) is 12.9. The zero-order valence-electron chi connectivity index (χ0n) is 22.8. The van der Waals surface area contributed by atoms with Crippen LogP contribution in [0.15, 0.2) is 84.9 Å². The molecule has 3 aromatic rings. The van der Waals surface area contributed by atoms with Crippen molar-refractivity contribution in [2.45, 2.75) is 58.7 Å². The van der Waals surface area contributed by atoms with Crippen LogP contribution < -0.4 is 0 Å². The summed E-state index contributed by atoms with van der Waals surface area (Å²) in [6.45, 7) is 7.32. The molecule has 38 heavy (non-hydrogen) atoms. The molecule has 202 valence electrons. The standard InChI is InChI=1S/C32H38INO4/c1-31(2,24-34(4)30(36)38-23-26-15-9-6-10-16-26)19-12-20-32(3,27-17-11-18-28(33)21-27)29(35)37-22-25-13-7-5-8-14-25/h5-11,13-18,21H,12,19-20,22-24H2,1-4H3/t32-/m1/s1. The van der Waals surface area contributed by atoms with Crippen LogP contribution in [0.2, 0.25) is 0 Å². The van der Waals surface area contributed by atoms with Crippen LogP contribution in [0.5, 0.6) is 0 Å². The van der Waals surface area contributed by atoms with Gasteiger partial charge in [0.05, 0.1) is 5.41 Å². The topological polar surface area (TPSA) is 55.8 Å². The lowest BCUT2D eigenvalue weighted by Gasteiger charge is -2.32. The largest absolute Gasteiger partial charge is 0.460 e. The maximum atomic E-state index is 13.5. The van der Waals surface area contributed by atoms with Crippen LogP contribution in [0.3, 0.4) is 0 Å². The molecule has 3 rings (SSSR count). The highest BCUT2D eigenvalue weighted by molar-refractivity contribution is 14.1. The van der Waals surface area contributed by atoms with Crippen molar-refractivity contribution in [1.82, 2.24) is 4.90 Å². The van der Waals surface area contributed by atoms with Crippen molar-refractivity contribution in [3.8, 4) is 0 Å². The Morgan fingerprint density at radius 1 is 0.789 bits per heavy atom. The lowest BCUT2D eigenvalue weighted by Crippen LogP contribution is -2.37. The molecule has 5 nitrogen and oxygen atoms in total. The van der Waals surface area contributed by atoms with E-state index in [4.69, 9.17) is 9.47 Å². The molecule has 0 bridgehead atoms. The van der Waals surface area contributed by atoms with Crippen molar-refractivity contribution >= 4 is 34.7 Å². The van der Waals surface area contributed by atoms with Crippen molar-refractivity contribution in [3.63, 3.8) is 0 Å². The third-order valence-corrected chi connectivity index (χ3v) is 7.51. The summed E-state index contributed by atoms with van der Waals surface area (Å²) in [4.78, 5) is 27.7. The van der Waals surface area contributed by atoms with Gasteiger partial charge in [0, 0.05) is 17.2 Å². The maximum Gasteiger partial charge on any atom is 0.409 e. The minimum absolute atomic E-state index is 0.152. The fourth-order valence-electron chi connectivity index (χ4n) is 4.61. The number of carbonyl (C=O) groups excluding carboxylic acids is 2. The first-order valence-electron chi connectivity index (χ1n) is 13.0.